The Labute approximate surface area is 197 Å². The highest BCUT2D eigenvalue weighted by atomic mass is 32.2. The number of aromatic nitrogens is 1. The lowest BCUT2D eigenvalue weighted by Gasteiger charge is -2.21. The van der Waals surface area contributed by atoms with E-state index >= 15 is 0 Å². The summed E-state index contributed by atoms with van der Waals surface area (Å²) in [7, 11) is -4.04. The van der Waals surface area contributed by atoms with Crippen LogP contribution in [0.2, 0.25) is 0 Å². The molecule has 1 aromatic heterocycles. The van der Waals surface area contributed by atoms with E-state index in [2.05, 4.69) is 10.3 Å². The van der Waals surface area contributed by atoms with Gasteiger partial charge in [0.2, 0.25) is 0 Å². The van der Waals surface area contributed by atoms with E-state index in [9.17, 15) is 17.6 Å². The van der Waals surface area contributed by atoms with E-state index in [1.807, 2.05) is 37.3 Å². The molecular weight excluding hydrogens is 455 g/mol. The predicted octanol–water partition coefficient (Wildman–Crippen LogP) is 5.26. The van der Waals surface area contributed by atoms with E-state index < -0.39 is 21.8 Å². The SMILES string of the molecule is CC[C@H](NC(=O)c1c(OS(C)(=O)=O)c(-c2cccc(F)c2)nc2ccccc12)c1ccccc1. The zero-order valence-electron chi connectivity index (χ0n) is 18.7. The summed E-state index contributed by atoms with van der Waals surface area (Å²) in [4.78, 5) is 18.2. The molecule has 0 aliphatic carbocycles. The molecule has 0 radical (unpaired) electrons. The van der Waals surface area contributed by atoms with Crippen LogP contribution in [0.15, 0.2) is 78.9 Å². The van der Waals surface area contributed by atoms with Crippen molar-refractivity contribution in [1.82, 2.24) is 10.3 Å². The average molecular weight is 479 g/mol. The van der Waals surface area contributed by atoms with E-state index in [1.54, 1.807) is 30.3 Å². The lowest BCUT2D eigenvalue weighted by molar-refractivity contribution is 0.0935. The molecule has 1 atom stereocenters. The number of fused-ring (bicyclic) bond motifs is 1. The van der Waals surface area contributed by atoms with E-state index in [0.717, 1.165) is 11.8 Å². The summed E-state index contributed by atoms with van der Waals surface area (Å²) in [6.07, 6.45) is 1.50. The van der Waals surface area contributed by atoms with Crippen molar-refractivity contribution in [2.75, 3.05) is 6.26 Å². The van der Waals surface area contributed by atoms with Crippen LogP contribution >= 0.6 is 0 Å². The third kappa shape index (κ3) is 5.07. The number of para-hydroxylation sites is 1. The third-order valence-corrected chi connectivity index (χ3v) is 5.79. The smallest absolute Gasteiger partial charge is 0.306 e. The van der Waals surface area contributed by atoms with Crippen molar-refractivity contribution in [3.63, 3.8) is 0 Å². The Hall–Kier alpha value is -3.78. The van der Waals surface area contributed by atoms with Crippen molar-refractivity contribution >= 4 is 26.9 Å². The zero-order valence-corrected chi connectivity index (χ0v) is 19.5. The van der Waals surface area contributed by atoms with Gasteiger partial charge in [0.25, 0.3) is 5.91 Å². The monoisotopic (exact) mass is 478 g/mol. The number of hydrogen-bond donors (Lipinski definition) is 1. The minimum absolute atomic E-state index is 0.0182. The van der Waals surface area contributed by atoms with Crippen molar-refractivity contribution in [1.29, 1.82) is 0 Å². The van der Waals surface area contributed by atoms with E-state index in [4.69, 9.17) is 4.18 Å². The molecule has 1 heterocycles. The first kappa shape index (κ1) is 23.4. The topological polar surface area (TPSA) is 85.4 Å². The number of hydrogen-bond acceptors (Lipinski definition) is 5. The summed E-state index contributed by atoms with van der Waals surface area (Å²) in [5.74, 6) is -1.29. The molecule has 4 aromatic rings. The fourth-order valence-electron chi connectivity index (χ4n) is 3.82. The molecule has 34 heavy (non-hydrogen) atoms. The third-order valence-electron chi connectivity index (χ3n) is 5.32. The molecule has 0 unspecified atom stereocenters. The highest BCUT2D eigenvalue weighted by Crippen LogP contribution is 2.37. The number of benzene rings is 3. The minimum atomic E-state index is -4.04. The van der Waals surface area contributed by atoms with Gasteiger partial charge in [-0.2, -0.15) is 8.42 Å². The van der Waals surface area contributed by atoms with E-state index in [1.165, 1.54) is 18.2 Å². The lowest BCUT2D eigenvalue weighted by Crippen LogP contribution is -2.29. The van der Waals surface area contributed by atoms with Crippen molar-refractivity contribution in [2.45, 2.75) is 19.4 Å². The molecule has 0 aliphatic heterocycles. The number of rotatable bonds is 7. The van der Waals surface area contributed by atoms with Gasteiger partial charge in [-0.1, -0.05) is 67.6 Å². The fourth-order valence-corrected chi connectivity index (χ4v) is 4.29. The van der Waals surface area contributed by atoms with Crippen LogP contribution < -0.4 is 9.50 Å². The van der Waals surface area contributed by atoms with Crippen molar-refractivity contribution in [2.24, 2.45) is 0 Å². The summed E-state index contributed by atoms with van der Waals surface area (Å²) in [5.41, 5.74) is 1.72. The lowest BCUT2D eigenvalue weighted by atomic mass is 10.00. The van der Waals surface area contributed by atoms with Gasteiger partial charge in [0, 0.05) is 10.9 Å². The first-order valence-corrected chi connectivity index (χ1v) is 12.5. The van der Waals surface area contributed by atoms with E-state index in [0.29, 0.717) is 17.3 Å². The van der Waals surface area contributed by atoms with Gasteiger partial charge in [0.05, 0.1) is 23.4 Å². The molecular formula is C26H23FN2O4S. The molecule has 0 saturated heterocycles. The molecule has 0 fully saturated rings. The van der Waals surface area contributed by atoms with Crippen LogP contribution in [0.4, 0.5) is 4.39 Å². The van der Waals surface area contributed by atoms with Crippen molar-refractivity contribution in [3.8, 4) is 17.0 Å². The molecule has 8 heteroatoms. The van der Waals surface area contributed by atoms with Gasteiger partial charge in [0.1, 0.15) is 11.5 Å². The van der Waals surface area contributed by atoms with Crippen LogP contribution in [-0.2, 0) is 10.1 Å². The number of halogens is 1. The highest BCUT2D eigenvalue weighted by Gasteiger charge is 2.27. The van der Waals surface area contributed by atoms with Crippen LogP contribution in [0, 0.1) is 5.82 Å². The number of carbonyl (C=O) groups excluding carboxylic acids is 1. The second-order valence-electron chi connectivity index (χ2n) is 7.82. The van der Waals surface area contributed by atoms with Gasteiger partial charge in [-0.15, -0.1) is 0 Å². The van der Waals surface area contributed by atoms with Crippen LogP contribution in [0.5, 0.6) is 5.75 Å². The fraction of sp³-hybridized carbons (Fsp3) is 0.154. The summed E-state index contributed by atoms with van der Waals surface area (Å²) in [5, 5.41) is 3.41. The zero-order chi connectivity index (χ0) is 24.3. The van der Waals surface area contributed by atoms with E-state index in [-0.39, 0.29) is 28.6 Å². The molecule has 0 spiro atoms. The molecule has 6 nitrogen and oxygen atoms in total. The molecule has 0 saturated carbocycles. The first-order chi connectivity index (χ1) is 16.3. The maximum absolute atomic E-state index is 14.0. The van der Waals surface area contributed by atoms with Gasteiger partial charge in [-0.05, 0) is 30.2 Å². The van der Waals surface area contributed by atoms with Gasteiger partial charge in [-0.25, -0.2) is 9.37 Å². The Morgan fingerprint density at radius 1 is 1.03 bits per heavy atom. The van der Waals surface area contributed by atoms with Crippen molar-refractivity contribution in [3.05, 3.63) is 95.8 Å². The number of pyridine rings is 1. The van der Waals surface area contributed by atoms with Gasteiger partial charge >= 0.3 is 10.1 Å². The predicted molar refractivity (Wildman–Crippen MR) is 130 cm³/mol. The molecule has 1 N–H and O–H groups in total. The molecule has 4 rings (SSSR count). The Kier molecular flexibility index (Phi) is 6.61. The second-order valence-corrected chi connectivity index (χ2v) is 9.40. The van der Waals surface area contributed by atoms with Crippen LogP contribution in [0.1, 0.15) is 35.3 Å². The van der Waals surface area contributed by atoms with Crippen LogP contribution in [-0.4, -0.2) is 25.6 Å². The Bertz CT molecular complexity index is 1460. The molecule has 0 bridgehead atoms. The summed E-state index contributed by atoms with van der Waals surface area (Å²) >= 11 is 0. The number of nitrogens with one attached hydrogen (secondary N) is 1. The van der Waals surface area contributed by atoms with Crippen molar-refractivity contribution < 1.29 is 21.8 Å². The van der Waals surface area contributed by atoms with Gasteiger partial charge in [-0.3, -0.25) is 4.79 Å². The number of carbonyl (C=O) groups is 1. The van der Waals surface area contributed by atoms with Gasteiger partial charge < -0.3 is 9.50 Å². The largest absolute Gasteiger partial charge is 0.379 e. The van der Waals surface area contributed by atoms with Crippen LogP contribution in [0.3, 0.4) is 0 Å². The summed E-state index contributed by atoms with van der Waals surface area (Å²) < 4.78 is 43.8. The van der Waals surface area contributed by atoms with Gasteiger partial charge in [0.15, 0.2) is 5.75 Å². The minimum Gasteiger partial charge on any atom is -0.379 e. The Morgan fingerprint density at radius 3 is 2.41 bits per heavy atom. The molecule has 3 aromatic carbocycles. The first-order valence-electron chi connectivity index (χ1n) is 10.7. The maximum atomic E-state index is 14.0. The average Bonchev–Trinajstić information content (AvgIpc) is 2.81. The molecule has 0 aliphatic rings. The molecule has 1 amide bonds. The number of nitrogens with zero attached hydrogens (tertiary/aromatic N) is 1. The maximum Gasteiger partial charge on any atom is 0.306 e. The highest BCUT2D eigenvalue weighted by molar-refractivity contribution is 7.86. The summed E-state index contributed by atoms with van der Waals surface area (Å²) in [6.45, 7) is 1.94. The Morgan fingerprint density at radius 2 is 1.74 bits per heavy atom. The van der Waals surface area contributed by atoms with Crippen LogP contribution in [0.25, 0.3) is 22.2 Å². The summed E-state index contributed by atoms with van der Waals surface area (Å²) in [6, 6.07) is 21.5. The Balaban J connectivity index is 1.95. The normalized spacial score (nSPS) is 12.3. The number of amides is 1. The standard InChI is InChI=1S/C26H23FN2O4S/c1-3-21(17-10-5-4-6-11-17)29-26(30)23-20-14-7-8-15-22(20)28-24(25(23)33-34(2,31)32)18-12-9-13-19(27)16-18/h4-16,21H,3H2,1-2H3,(H,29,30)/t21-/m0/s1. The second kappa shape index (κ2) is 9.61. The molecule has 174 valence electrons. The quantitative estimate of drug-likeness (QED) is 0.366.